The van der Waals surface area contributed by atoms with E-state index in [0.29, 0.717) is 28.9 Å². The number of nitrogen functional groups attached to an aromatic ring is 1. The van der Waals surface area contributed by atoms with E-state index in [-0.39, 0.29) is 12.1 Å². The standard InChI is InChI=1S/C14H20Cl2N2O2/c1-8(9-4-11(15)13(17)12(16)5-9)18-6-10-7-19-14(2,3)20-10/h4-5,8,10,18H,6-7,17H2,1-3H3. The van der Waals surface area contributed by atoms with Gasteiger partial charge in [-0.1, -0.05) is 23.2 Å². The zero-order chi connectivity index (χ0) is 14.9. The van der Waals surface area contributed by atoms with Crippen molar-refractivity contribution in [1.29, 1.82) is 0 Å². The number of nitrogens with one attached hydrogen (secondary N) is 1. The highest BCUT2D eigenvalue weighted by molar-refractivity contribution is 6.38. The summed E-state index contributed by atoms with van der Waals surface area (Å²) < 4.78 is 11.3. The first-order chi connectivity index (χ1) is 9.28. The summed E-state index contributed by atoms with van der Waals surface area (Å²) in [5.41, 5.74) is 7.14. The molecule has 1 saturated heterocycles. The molecule has 2 atom stereocenters. The minimum Gasteiger partial charge on any atom is -0.396 e. The Morgan fingerprint density at radius 3 is 2.50 bits per heavy atom. The van der Waals surface area contributed by atoms with Gasteiger partial charge in [-0.25, -0.2) is 0 Å². The number of benzene rings is 1. The van der Waals surface area contributed by atoms with Crippen LogP contribution in [0.2, 0.25) is 10.0 Å². The molecule has 112 valence electrons. The van der Waals surface area contributed by atoms with Gasteiger partial charge in [-0.2, -0.15) is 0 Å². The van der Waals surface area contributed by atoms with Crippen LogP contribution in [0.3, 0.4) is 0 Å². The molecule has 0 aliphatic carbocycles. The van der Waals surface area contributed by atoms with Crippen LogP contribution in [0.25, 0.3) is 0 Å². The summed E-state index contributed by atoms with van der Waals surface area (Å²) in [4.78, 5) is 0. The molecule has 0 amide bonds. The minimum absolute atomic E-state index is 0.0483. The first-order valence-corrected chi connectivity index (χ1v) is 7.33. The Hall–Kier alpha value is -0.520. The lowest BCUT2D eigenvalue weighted by Gasteiger charge is -2.20. The molecule has 20 heavy (non-hydrogen) atoms. The molecule has 1 aliphatic heterocycles. The van der Waals surface area contributed by atoms with Gasteiger partial charge in [0.1, 0.15) is 0 Å². The van der Waals surface area contributed by atoms with Crippen molar-refractivity contribution in [3.63, 3.8) is 0 Å². The first-order valence-electron chi connectivity index (χ1n) is 6.58. The van der Waals surface area contributed by atoms with Gasteiger partial charge in [-0.05, 0) is 38.5 Å². The average molecular weight is 319 g/mol. The number of halogens is 2. The number of hydrogen-bond donors (Lipinski definition) is 2. The second-order valence-corrected chi connectivity index (χ2v) is 6.29. The van der Waals surface area contributed by atoms with Crippen LogP contribution in [0.15, 0.2) is 12.1 Å². The average Bonchev–Trinajstić information content (AvgIpc) is 2.72. The normalized spacial score (nSPS) is 22.9. The smallest absolute Gasteiger partial charge is 0.163 e. The molecule has 4 nitrogen and oxygen atoms in total. The molecule has 2 rings (SSSR count). The second-order valence-electron chi connectivity index (χ2n) is 5.48. The quantitative estimate of drug-likeness (QED) is 0.836. The molecule has 1 aromatic carbocycles. The van der Waals surface area contributed by atoms with Crippen molar-refractivity contribution < 1.29 is 9.47 Å². The van der Waals surface area contributed by atoms with Crippen LogP contribution < -0.4 is 11.1 Å². The molecular weight excluding hydrogens is 299 g/mol. The lowest BCUT2D eigenvalue weighted by atomic mass is 10.1. The molecule has 2 unspecified atom stereocenters. The topological polar surface area (TPSA) is 56.5 Å². The number of nitrogens with two attached hydrogens (primary N) is 1. The maximum Gasteiger partial charge on any atom is 0.163 e. The monoisotopic (exact) mass is 318 g/mol. The lowest BCUT2D eigenvalue weighted by molar-refractivity contribution is -0.137. The number of ether oxygens (including phenoxy) is 2. The minimum atomic E-state index is -0.497. The fourth-order valence-electron chi connectivity index (χ4n) is 2.14. The molecule has 3 N–H and O–H groups in total. The Morgan fingerprint density at radius 2 is 2.00 bits per heavy atom. The van der Waals surface area contributed by atoms with E-state index in [1.807, 2.05) is 32.9 Å². The Balaban J connectivity index is 1.94. The molecule has 0 spiro atoms. The largest absolute Gasteiger partial charge is 0.396 e. The molecule has 1 aromatic rings. The maximum atomic E-state index is 6.05. The summed E-state index contributed by atoms with van der Waals surface area (Å²) in [5, 5.41) is 4.34. The molecule has 0 bridgehead atoms. The van der Waals surface area contributed by atoms with E-state index in [4.69, 9.17) is 38.4 Å². The zero-order valence-electron chi connectivity index (χ0n) is 11.9. The van der Waals surface area contributed by atoms with Crippen LogP contribution in [0.5, 0.6) is 0 Å². The molecular formula is C14H20Cl2N2O2. The fraction of sp³-hybridized carbons (Fsp3) is 0.571. The summed E-state index contributed by atoms with van der Waals surface area (Å²) in [6.07, 6.45) is 0.0483. The van der Waals surface area contributed by atoms with Gasteiger partial charge in [0.15, 0.2) is 5.79 Å². The highest BCUT2D eigenvalue weighted by Gasteiger charge is 2.32. The van der Waals surface area contributed by atoms with E-state index in [1.54, 1.807) is 0 Å². The van der Waals surface area contributed by atoms with E-state index < -0.39 is 5.79 Å². The predicted molar refractivity (Wildman–Crippen MR) is 82.2 cm³/mol. The Bertz CT molecular complexity index is 471. The highest BCUT2D eigenvalue weighted by atomic mass is 35.5. The van der Waals surface area contributed by atoms with Gasteiger partial charge in [0.25, 0.3) is 0 Å². The Morgan fingerprint density at radius 1 is 1.40 bits per heavy atom. The summed E-state index contributed by atoms with van der Waals surface area (Å²) in [7, 11) is 0. The van der Waals surface area contributed by atoms with Gasteiger partial charge in [-0.15, -0.1) is 0 Å². The van der Waals surface area contributed by atoms with Gasteiger partial charge < -0.3 is 20.5 Å². The second kappa shape index (κ2) is 6.08. The van der Waals surface area contributed by atoms with E-state index in [2.05, 4.69) is 5.32 Å². The van der Waals surface area contributed by atoms with Crippen molar-refractivity contribution in [3.8, 4) is 0 Å². The van der Waals surface area contributed by atoms with E-state index in [1.165, 1.54) is 0 Å². The van der Waals surface area contributed by atoms with Crippen LogP contribution in [0, 0.1) is 0 Å². The highest BCUT2D eigenvalue weighted by Crippen LogP contribution is 2.31. The van der Waals surface area contributed by atoms with Gasteiger partial charge in [-0.3, -0.25) is 0 Å². The van der Waals surface area contributed by atoms with Crippen molar-refractivity contribution >= 4 is 28.9 Å². The molecule has 0 aromatic heterocycles. The fourth-order valence-corrected chi connectivity index (χ4v) is 2.65. The van der Waals surface area contributed by atoms with E-state index in [9.17, 15) is 0 Å². The summed E-state index contributed by atoms with van der Waals surface area (Å²) in [6.45, 7) is 7.16. The lowest BCUT2D eigenvalue weighted by Crippen LogP contribution is -2.32. The summed E-state index contributed by atoms with van der Waals surface area (Å²) in [6, 6.07) is 3.75. The maximum absolute atomic E-state index is 6.05. The molecule has 6 heteroatoms. The molecule has 0 saturated carbocycles. The molecule has 1 fully saturated rings. The van der Waals surface area contributed by atoms with Gasteiger partial charge in [0, 0.05) is 12.6 Å². The van der Waals surface area contributed by atoms with Crippen molar-refractivity contribution in [3.05, 3.63) is 27.7 Å². The molecule has 1 heterocycles. The van der Waals surface area contributed by atoms with Crippen LogP contribution in [0.1, 0.15) is 32.4 Å². The van der Waals surface area contributed by atoms with Gasteiger partial charge >= 0.3 is 0 Å². The predicted octanol–water partition coefficient (Wildman–Crippen LogP) is 3.38. The van der Waals surface area contributed by atoms with E-state index >= 15 is 0 Å². The van der Waals surface area contributed by atoms with Gasteiger partial charge in [0.2, 0.25) is 0 Å². The third-order valence-electron chi connectivity index (χ3n) is 3.32. The SMILES string of the molecule is CC(NCC1COC(C)(C)O1)c1cc(Cl)c(N)c(Cl)c1. The van der Waals surface area contributed by atoms with Gasteiger partial charge in [0.05, 0.1) is 28.4 Å². The molecule has 1 aliphatic rings. The Kier molecular flexibility index (Phi) is 4.82. The van der Waals surface area contributed by atoms with Crippen molar-refractivity contribution in [1.82, 2.24) is 5.32 Å². The third-order valence-corrected chi connectivity index (χ3v) is 3.95. The van der Waals surface area contributed by atoms with Crippen LogP contribution in [0.4, 0.5) is 5.69 Å². The van der Waals surface area contributed by atoms with Crippen molar-refractivity contribution in [2.75, 3.05) is 18.9 Å². The number of hydrogen-bond acceptors (Lipinski definition) is 4. The number of rotatable bonds is 4. The zero-order valence-corrected chi connectivity index (χ0v) is 13.4. The van der Waals surface area contributed by atoms with Crippen molar-refractivity contribution in [2.45, 2.75) is 38.7 Å². The van der Waals surface area contributed by atoms with Crippen LogP contribution >= 0.6 is 23.2 Å². The number of anilines is 1. The summed E-state index contributed by atoms with van der Waals surface area (Å²) >= 11 is 12.1. The van der Waals surface area contributed by atoms with E-state index in [0.717, 1.165) is 5.56 Å². The summed E-state index contributed by atoms with van der Waals surface area (Å²) in [5.74, 6) is -0.497. The van der Waals surface area contributed by atoms with Crippen LogP contribution in [-0.2, 0) is 9.47 Å². The third kappa shape index (κ3) is 3.77. The Labute approximate surface area is 129 Å². The van der Waals surface area contributed by atoms with Crippen molar-refractivity contribution in [2.24, 2.45) is 0 Å². The molecule has 0 radical (unpaired) electrons. The first kappa shape index (κ1) is 15.9. The van der Waals surface area contributed by atoms with Crippen LogP contribution in [-0.4, -0.2) is 25.0 Å².